The predicted octanol–water partition coefficient (Wildman–Crippen LogP) is 2.53. The molecule has 78 valence electrons. The molecule has 0 aliphatic heterocycles. The van der Waals surface area contributed by atoms with Crippen molar-refractivity contribution >= 4 is 0 Å². The molecule has 2 rings (SSSR count). The van der Waals surface area contributed by atoms with E-state index < -0.39 is 0 Å². The fourth-order valence-corrected chi connectivity index (χ4v) is 1.59. The third-order valence-corrected chi connectivity index (χ3v) is 2.32. The first-order valence-electron chi connectivity index (χ1n) is 5.13. The number of imidazole rings is 1. The van der Waals surface area contributed by atoms with Crippen LogP contribution in [0.4, 0.5) is 0 Å². The zero-order valence-corrected chi connectivity index (χ0v) is 8.72. The number of aromatic nitrogens is 2. The van der Waals surface area contributed by atoms with E-state index in [-0.39, 0.29) is 5.75 Å². The smallest absolute Gasteiger partial charge is 0.115 e. The number of phenolic OH excluding ortho intramolecular Hbond substituents is 1. The molecule has 0 aliphatic carbocycles. The van der Waals surface area contributed by atoms with Gasteiger partial charge in [0.05, 0.1) is 0 Å². The number of hydrogen-bond acceptors (Lipinski definition) is 2. The lowest BCUT2D eigenvalue weighted by molar-refractivity contribution is 0.475. The molecule has 0 aliphatic rings. The number of aromatic hydroxyl groups is 1. The average molecular weight is 202 g/mol. The van der Waals surface area contributed by atoms with Gasteiger partial charge < -0.3 is 9.67 Å². The van der Waals surface area contributed by atoms with Gasteiger partial charge in [0.25, 0.3) is 0 Å². The fourth-order valence-electron chi connectivity index (χ4n) is 1.59. The quantitative estimate of drug-likeness (QED) is 0.830. The monoisotopic (exact) mass is 202 g/mol. The zero-order chi connectivity index (χ0) is 10.7. The summed E-state index contributed by atoms with van der Waals surface area (Å²) in [5.41, 5.74) is 1.04. The molecule has 1 heterocycles. The highest BCUT2D eigenvalue weighted by Crippen LogP contribution is 2.15. The van der Waals surface area contributed by atoms with Gasteiger partial charge in [0.1, 0.15) is 11.6 Å². The van der Waals surface area contributed by atoms with E-state index in [9.17, 15) is 5.11 Å². The Morgan fingerprint density at radius 1 is 1.27 bits per heavy atom. The Hall–Kier alpha value is -1.77. The highest BCUT2D eigenvalue weighted by atomic mass is 16.3. The van der Waals surface area contributed by atoms with E-state index in [1.807, 2.05) is 22.9 Å². The molecule has 0 amide bonds. The van der Waals surface area contributed by atoms with E-state index in [0.717, 1.165) is 24.4 Å². The second-order valence-electron chi connectivity index (χ2n) is 3.48. The third-order valence-electron chi connectivity index (χ3n) is 2.32. The van der Waals surface area contributed by atoms with Gasteiger partial charge in [0.2, 0.25) is 0 Å². The van der Waals surface area contributed by atoms with Crippen LogP contribution in [-0.4, -0.2) is 14.7 Å². The lowest BCUT2D eigenvalue weighted by atomic mass is 10.2. The maximum absolute atomic E-state index is 9.20. The molecular weight excluding hydrogens is 188 g/mol. The second-order valence-corrected chi connectivity index (χ2v) is 3.48. The first kappa shape index (κ1) is 9.77. The van der Waals surface area contributed by atoms with Crippen LogP contribution in [0, 0.1) is 0 Å². The number of hydrogen-bond donors (Lipinski definition) is 1. The predicted molar refractivity (Wildman–Crippen MR) is 59.2 cm³/mol. The van der Waals surface area contributed by atoms with Crippen LogP contribution in [-0.2, 0) is 6.42 Å². The Morgan fingerprint density at radius 2 is 2.00 bits per heavy atom. The number of phenols is 1. The van der Waals surface area contributed by atoms with E-state index in [0.29, 0.717) is 0 Å². The number of nitrogens with zero attached hydrogens (tertiary/aromatic N) is 2. The summed E-state index contributed by atoms with van der Waals surface area (Å²) in [6.07, 6.45) is 5.79. The SMILES string of the molecule is CCCc1nccn1-c1ccc(O)cc1. The largest absolute Gasteiger partial charge is 0.508 e. The Balaban J connectivity index is 2.36. The van der Waals surface area contributed by atoms with Gasteiger partial charge in [-0.1, -0.05) is 6.92 Å². The summed E-state index contributed by atoms with van der Waals surface area (Å²) in [5.74, 6) is 1.35. The first-order chi connectivity index (χ1) is 7.31. The molecule has 0 fully saturated rings. The molecule has 0 saturated carbocycles. The lowest BCUT2D eigenvalue weighted by Crippen LogP contribution is -1.99. The van der Waals surface area contributed by atoms with E-state index >= 15 is 0 Å². The molecule has 3 heteroatoms. The molecule has 3 nitrogen and oxygen atoms in total. The first-order valence-corrected chi connectivity index (χ1v) is 5.13. The number of rotatable bonds is 3. The standard InChI is InChI=1S/C12H14N2O/c1-2-3-12-13-8-9-14(12)10-4-6-11(15)7-5-10/h4-9,15H,2-3H2,1H3. The van der Waals surface area contributed by atoms with Gasteiger partial charge in [0, 0.05) is 24.5 Å². The maximum Gasteiger partial charge on any atom is 0.115 e. The second kappa shape index (κ2) is 4.17. The van der Waals surface area contributed by atoms with Crippen molar-refractivity contribution in [3.8, 4) is 11.4 Å². The minimum atomic E-state index is 0.288. The highest BCUT2D eigenvalue weighted by Gasteiger charge is 2.03. The van der Waals surface area contributed by atoms with E-state index in [1.165, 1.54) is 0 Å². The molecule has 1 aromatic heterocycles. The van der Waals surface area contributed by atoms with Gasteiger partial charge in [0.15, 0.2) is 0 Å². The summed E-state index contributed by atoms with van der Waals surface area (Å²) < 4.78 is 2.04. The summed E-state index contributed by atoms with van der Waals surface area (Å²) >= 11 is 0. The van der Waals surface area contributed by atoms with Gasteiger partial charge >= 0.3 is 0 Å². The van der Waals surface area contributed by atoms with Gasteiger partial charge in [-0.3, -0.25) is 0 Å². The van der Waals surface area contributed by atoms with Crippen molar-refractivity contribution in [3.63, 3.8) is 0 Å². The van der Waals surface area contributed by atoms with Gasteiger partial charge in [-0.25, -0.2) is 4.98 Å². The molecule has 2 aromatic rings. The van der Waals surface area contributed by atoms with Crippen LogP contribution in [0.15, 0.2) is 36.7 Å². The van der Waals surface area contributed by atoms with Gasteiger partial charge in [-0.15, -0.1) is 0 Å². The molecule has 0 atom stereocenters. The lowest BCUT2D eigenvalue weighted by Gasteiger charge is -2.06. The third kappa shape index (κ3) is 2.01. The van der Waals surface area contributed by atoms with Gasteiger partial charge in [-0.05, 0) is 30.7 Å². The van der Waals surface area contributed by atoms with Crippen LogP contribution in [0.3, 0.4) is 0 Å². The Labute approximate surface area is 89.0 Å². The molecular formula is C12H14N2O. The van der Waals surface area contributed by atoms with Crippen molar-refractivity contribution in [2.75, 3.05) is 0 Å². The Morgan fingerprint density at radius 3 is 2.67 bits per heavy atom. The normalized spacial score (nSPS) is 10.5. The summed E-state index contributed by atoms with van der Waals surface area (Å²) in [5, 5.41) is 9.20. The molecule has 0 spiro atoms. The van der Waals surface area contributed by atoms with Crippen molar-refractivity contribution < 1.29 is 5.11 Å². The van der Waals surface area contributed by atoms with E-state index in [4.69, 9.17) is 0 Å². The maximum atomic E-state index is 9.20. The van der Waals surface area contributed by atoms with Crippen LogP contribution < -0.4 is 0 Å². The minimum absolute atomic E-state index is 0.288. The van der Waals surface area contributed by atoms with Gasteiger partial charge in [-0.2, -0.15) is 0 Å². The molecule has 0 radical (unpaired) electrons. The summed E-state index contributed by atoms with van der Waals surface area (Å²) in [6, 6.07) is 7.14. The van der Waals surface area contributed by atoms with E-state index in [1.54, 1.807) is 18.3 Å². The van der Waals surface area contributed by atoms with Crippen molar-refractivity contribution in [1.29, 1.82) is 0 Å². The zero-order valence-electron chi connectivity index (χ0n) is 8.72. The molecule has 0 saturated heterocycles. The van der Waals surface area contributed by atoms with Crippen LogP contribution in [0.1, 0.15) is 19.2 Å². The molecule has 1 aromatic carbocycles. The van der Waals surface area contributed by atoms with Crippen LogP contribution in [0.5, 0.6) is 5.75 Å². The molecule has 0 unspecified atom stereocenters. The van der Waals surface area contributed by atoms with Crippen molar-refractivity contribution in [2.45, 2.75) is 19.8 Å². The molecule has 1 N–H and O–H groups in total. The van der Waals surface area contributed by atoms with Crippen LogP contribution >= 0.6 is 0 Å². The summed E-state index contributed by atoms with van der Waals surface area (Å²) in [6.45, 7) is 2.13. The van der Waals surface area contributed by atoms with Crippen LogP contribution in [0.25, 0.3) is 5.69 Å². The average Bonchev–Trinajstić information content (AvgIpc) is 2.68. The molecule has 0 bridgehead atoms. The number of benzene rings is 1. The fraction of sp³-hybridized carbons (Fsp3) is 0.250. The minimum Gasteiger partial charge on any atom is -0.508 e. The number of aryl methyl sites for hydroxylation is 1. The van der Waals surface area contributed by atoms with E-state index in [2.05, 4.69) is 11.9 Å². The van der Waals surface area contributed by atoms with Crippen LogP contribution in [0.2, 0.25) is 0 Å². The Bertz CT molecular complexity index is 431. The topological polar surface area (TPSA) is 38.0 Å². The van der Waals surface area contributed by atoms with Crippen molar-refractivity contribution in [1.82, 2.24) is 9.55 Å². The van der Waals surface area contributed by atoms with Crippen molar-refractivity contribution in [3.05, 3.63) is 42.5 Å². The summed E-state index contributed by atoms with van der Waals surface area (Å²) in [7, 11) is 0. The van der Waals surface area contributed by atoms with Crippen molar-refractivity contribution in [2.24, 2.45) is 0 Å². The molecule has 15 heavy (non-hydrogen) atoms. The summed E-state index contributed by atoms with van der Waals surface area (Å²) in [4.78, 5) is 4.31. The Kier molecular flexibility index (Phi) is 2.72. The highest BCUT2D eigenvalue weighted by molar-refractivity contribution is 5.37.